The molecule has 2 N–H and O–H groups in total. The molecule has 0 aliphatic rings. The third-order valence-corrected chi connectivity index (χ3v) is 3.69. The van der Waals surface area contributed by atoms with Crippen molar-refractivity contribution in [2.24, 2.45) is 0 Å². The number of nitrogens with one attached hydrogen (secondary N) is 2. The lowest BCUT2D eigenvalue weighted by molar-refractivity contribution is 0.102. The number of para-hydroxylation sites is 1. The number of hydrogen-bond donors (Lipinski definition) is 2. The first kappa shape index (κ1) is 15.0. The Morgan fingerprint density at radius 3 is 2.75 bits per heavy atom. The van der Waals surface area contributed by atoms with E-state index in [1.165, 1.54) is 0 Å². The summed E-state index contributed by atoms with van der Waals surface area (Å²) in [6, 6.07) is 9.21. The van der Waals surface area contributed by atoms with Crippen molar-refractivity contribution in [3.05, 3.63) is 51.0 Å². The molecular formula is C14H13Br2N3O. The number of anilines is 2. The Labute approximate surface area is 134 Å². The number of pyridine rings is 1. The van der Waals surface area contributed by atoms with Gasteiger partial charge in [0.15, 0.2) is 0 Å². The number of nitrogens with zero attached hydrogens (tertiary/aromatic N) is 1. The van der Waals surface area contributed by atoms with Gasteiger partial charge in [0.2, 0.25) is 0 Å². The molecule has 1 heterocycles. The maximum atomic E-state index is 12.4. The van der Waals surface area contributed by atoms with Crippen LogP contribution in [0, 0.1) is 0 Å². The van der Waals surface area contributed by atoms with E-state index in [1.807, 2.05) is 31.2 Å². The maximum Gasteiger partial charge on any atom is 0.259 e. The molecule has 0 aliphatic carbocycles. The molecule has 0 saturated carbocycles. The van der Waals surface area contributed by atoms with Crippen LogP contribution >= 0.6 is 31.9 Å². The van der Waals surface area contributed by atoms with Crippen molar-refractivity contribution in [3.63, 3.8) is 0 Å². The average molecular weight is 399 g/mol. The van der Waals surface area contributed by atoms with Crippen LogP contribution < -0.4 is 10.6 Å². The van der Waals surface area contributed by atoms with Gasteiger partial charge in [-0.15, -0.1) is 0 Å². The number of carbonyl (C=O) groups excluding carboxylic acids is 1. The summed E-state index contributed by atoms with van der Waals surface area (Å²) in [6.45, 7) is 2.66. The SMILES string of the molecule is CCNc1ncc(Br)cc1C(=O)Nc1ccccc1Br. The minimum Gasteiger partial charge on any atom is -0.370 e. The van der Waals surface area contributed by atoms with E-state index >= 15 is 0 Å². The standard InChI is InChI=1S/C14H13Br2N3O/c1-2-17-13-10(7-9(15)8-18-13)14(20)19-12-6-4-3-5-11(12)16/h3-8H,2H2,1H3,(H,17,18)(H,19,20). The lowest BCUT2D eigenvalue weighted by Gasteiger charge is -2.11. The van der Waals surface area contributed by atoms with E-state index in [1.54, 1.807) is 12.3 Å². The summed E-state index contributed by atoms with van der Waals surface area (Å²) in [6.07, 6.45) is 1.66. The van der Waals surface area contributed by atoms with E-state index in [0.29, 0.717) is 17.9 Å². The molecule has 2 aromatic rings. The largest absolute Gasteiger partial charge is 0.370 e. The summed E-state index contributed by atoms with van der Waals surface area (Å²) in [4.78, 5) is 16.6. The molecule has 0 fully saturated rings. The van der Waals surface area contributed by atoms with Gasteiger partial charge in [0.25, 0.3) is 5.91 Å². The first-order chi connectivity index (χ1) is 9.61. The van der Waals surface area contributed by atoms with Crippen LogP contribution in [0.1, 0.15) is 17.3 Å². The highest BCUT2D eigenvalue weighted by atomic mass is 79.9. The molecule has 104 valence electrons. The normalized spacial score (nSPS) is 10.2. The number of halogens is 2. The Morgan fingerprint density at radius 1 is 1.30 bits per heavy atom. The van der Waals surface area contributed by atoms with E-state index in [4.69, 9.17) is 0 Å². The second kappa shape index (κ2) is 6.85. The minimum atomic E-state index is -0.207. The number of hydrogen-bond acceptors (Lipinski definition) is 3. The van der Waals surface area contributed by atoms with Crippen molar-refractivity contribution in [1.82, 2.24) is 4.98 Å². The Hall–Kier alpha value is -1.40. The van der Waals surface area contributed by atoms with Crippen LogP contribution in [0.3, 0.4) is 0 Å². The van der Waals surface area contributed by atoms with Crippen LogP contribution in [0.15, 0.2) is 45.5 Å². The summed E-state index contributed by atoms with van der Waals surface area (Å²) in [5.41, 5.74) is 1.22. The highest BCUT2D eigenvalue weighted by Gasteiger charge is 2.14. The molecule has 1 aromatic carbocycles. The average Bonchev–Trinajstić information content (AvgIpc) is 2.43. The number of benzene rings is 1. The number of carbonyl (C=O) groups is 1. The zero-order valence-corrected chi connectivity index (χ0v) is 14.0. The highest BCUT2D eigenvalue weighted by molar-refractivity contribution is 9.10. The van der Waals surface area contributed by atoms with E-state index < -0.39 is 0 Å². The van der Waals surface area contributed by atoms with Gasteiger partial charge >= 0.3 is 0 Å². The number of amides is 1. The molecule has 0 aliphatic heterocycles. The monoisotopic (exact) mass is 397 g/mol. The Bertz CT molecular complexity index is 632. The molecule has 1 aromatic heterocycles. The van der Waals surface area contributed by atoms with Gasteiger partial charge in [0.1, 0.15) is 5.82 Å². The third-order valence-electron chi connectivity index (χ3n) is 2.57. The van der Waals surface area contributed by atoms with Gasteiger partial charge in [-0.25, -0.2) is 4.98 Å². The fraction of sp³-hybridized carbons (Fsp3) is 0.143. The Kier molecular flexibility index (Phi) is 5.14. The lowest BCUT2D eigenvalue weighted by Crippen LogP contribution is -2.16. The van der Waals surface area contributed by atoms with E-state index in [2.05, 4.69) is 47.5 Å². The van der Waals surface area contributed by atoms with Crippen molar-refractivity contribution in [2.45, 2.75) is 6.92 Å². The highest BCUT2D eigenvalue weighted by Crippen LogP contribution is 2.24. The zero-order valence-electron chi connectivity index (χ0n) is 10.8. The van der Waals surface area contributed by atoms with Crippen molar-refractivity contribution < 1.29 is 4.79 Å². The molecule has 0 saturated heterocycles. The van der Waals surface area contributed by atoms with Gasteiger partial charge in [0, 0.05) is 21.7 Å². The topological polar surface area (TPSA) is 54.0 Å². The van der Waals surface area contributed by atoms with Crippen LogP contribution in [-0.4, -0.2) is 17.4 Å². The van der Waals surface area contributed by atoms with Gasteiger partial charge < -0.3 is 10.6 Å². The van der Waals surface area contributed by atoms with Crippen LogP contribution in [0.2, 0.25) is 0 Å². The van der Waals surface area contributed by atoms with E-state index in [-0.39, 0.29) is 5.91 Å². The smallest absolute Gasteiger partial charge is 0.259 e. The lowest BCUT2D eigenvalue weighted by atomic mass is 10.2. The summed E-state index contributed by atoms with van der Waals surface area (Å²) < 4.78 is 1.60. The summed E-state index contributed by atoms with van der Waals surface area (Å²) in [5.74, 6) is 0.363. The second-order valence-corrected chi connectivity index (χ2v) is 5.78. The van der Waals surface area contributed by atoms with Gasteiger partial charge in [-0.05, 0) is 57.0 Å². The minimum absolute atomic E-state index is 0.207. The first-order valence-electron chi connectivity index (χ1n) is 6.07. The summed E-state index contributed by atoms with van der Waals surface area (Å²) in [5, 5.41) is 5.95. The summed E-state index contributed by atoms with van der Waals surface area (Å²) in [7, 11) is 0. The molecule has 2 rings (SSSR count). The van der Waals surface area contributed by atoms with Gasteiger partial charge in [-0.3, -0.25) is 4.79 Å². The number of aromatic nitrogens is 1. The maximum absolute atomic E-state index is 12.4. The van der Waals surface area contributed by atoms with E-state index in [0.717, 1.165) is 14.6 Å². The van der Waals surface area contributed by atoms with Gasteiger partial charge in [-0.2, -0.15) is 0 Å². The third kappa shape index (κ3) is 3.58. The van der Waals surface area contributed by atoms with Crippen LogP contribution in [0.4, 0.5) is 11.5 Å². The fourth-order valence-electron chi connectivity index (χ4n) is 1.67. The van der Waals surface area contributed by atoms with Gasteiger partial charge in [-0.1, -0.05) is 12.1 Å². The molecule has 0 unspecified atom stereocenters. The molecule has 0 spiro atoms. The molecule has 6 heteroatoms. The molecule has 0 atom stereocenters. The van der Waals surface area contributed by atoms with Crippen LogP contribution in [0.25, 0.3) is 0 Å². The predicted molar refractivity (Wildman–Crippen MR) is 88.2 cm³/mol. The fourth-order valence-corrected chi connectivity index (χ4v) is 2.39. The first-order valence-corrected chi connectivity index (χ1v) is 7.65. The summed E-state index contributed by atoms with van der Waals surface area (Å²) >= 11 is 6.74. The second-order valence-electron chi connectivity index (χ2n) is 4.01. The zero-order chi connectivity index (χ0) is 14.5. The Morgan fingerprint density at radius 2 is 2.05 bits per heavy atom. The molecule has 20 heavy (non-hydrogen) atoms. The van der Waals surface area contributed by atoms with Crippen molar-refractivity contribution in [1.29, 1.82) is 0 Å². The van der Waals surface area contributed by atoms with Crippen LogP contribution in [-0.2, 0) is 0 Å². The predicted octanol–water partition coefficient (Wildman–Crippen LogP) is 4.29. The van der Waals surface area contributed by atoms with Crippen LogP contribution in [0.5, 0.6) is 0 Å². The van der Waals surface area contributed by atoms with Crippen molar-refractivity contribution in [3.8, 4) is 0 Å². The molecule has 0 bridgehead atoms. The van der Waals surface area contributed by atoms with Crippen molar-refractivity contribution in [2.75, 3.05) is 17.2 Å². The molecule has 4 nitrogen and oxygen atoms in total. The van der Waals surface area contributed by atoms with Crippen molar-refractivity contribution >= 4 is 49.3 Å². The molecule has 1 amide bonds. The molecular weight excluding hydrogens is 386 g/mol. The quantitative estimate of drug-likeness (QED) is 0.807. The molecule has 0 radical (unpaired) electrons. The Balaban J connectivity index is 2.29. The number of rotatable bonds is 4. The van der Waals surface area contributed by atoms with E-state index in [9.17, 15) is 4.79 Å². The van der Waals surface area contributed by atoms with Gasteiger partial charge in [0.05, 0.1) is 11.3 Å².